The Kier molecular flexibility index (Phi) is 5.57. The molecule has 1 saturated heterocycles. The Bertz CT molecular complexity index is 1370. The standard InChI is InChI=1S/C23H16ClN3O6/c1-12-6-7-14(10-19(12)27(31)32)20-9-8-15(33-20)11-16-21(28)25-23(30)26(22(16)29)18-5-3-4-17(24)13(18)2/h3-11H,1-2H3,(H,25,28,30)/b16-11+. The maximum atomic E-state index is 13.1. The van der Waals surface area contributed by atoms with Crippen LogP contribution in [-0.4, -0.2) is 22.8 Å². The summed E-state index contributed by atoms with van der Waals surface area (Å²) in [5.74, 6) is -1.24. The Hall–Kier alpha value is -4.24. The highest BCUT2D eigenvalue weighted by atomic mass is 35.5. The second-order valence-electron chi connectivity index (χ2n) is 7.30. The number of halogens is 1. The van der Waals surface area contributed by atoms with E-state index in [4.69, 9.17) is 16.0 Å². The molecule has 9 nitrogen and oxygen atoms in total. The zero-order valence-corrected chi connectivity index (χ0v) is 18.2. The maximum Gasteiger partial charge on any atom is 0.335 e. The van der Waals surface area contributed by atoms with Crippen molar-refractivity contribution in [3.05, 3.63) is 86.1 Å². The van der Waals surface area contributed by atoms with Crippen LogP contribution in [0.1, 0.15) is 16.9 Å². The first kappa shape index (κ1) is 22.0. The monoisotopic (exact) mass is 465 g/mol. The van der Waals surface area contributed by atoms with Crippen LogP contribution in [0, 0.1) is 24.0 Å². The van der Waals surface area contributed by atoms with E-state index in [-0.39, 0.29) is 22.7 Å². The van der Waals surface area contributed by atoms with Crippen molar-refractivity contribution < 1.29 is 23.7 Å². The fraction of sp³-hybridized carbons (Fsp3) is 0.0870. The molecule has 1 aromatic heterocycles. The minimum atomic E-state index is -0.889. The zero-order valence-electron chi connectivity index (χ0n) is 17.4. The Morgan fingerprint density at radius 2 is 1.85 bits per heavy atom. The van der Waals surface area contributed by atoms with Gasteiger partial charge >= 0.3 is 6.03 Å². The molecule has 1 aliphatic heterocycles. The van der Waals surface area contributed by atoms with Gasteiger partial charge in [0.05, 0.1) is 10.6 Å². The summed E-state index contributed by atoms with van der Waals surface area (Å²) in [4.78, 5) is 49.4. The number of hydrogen-bond donors (Lipinski definition) is 1. The molecule has 0 saturated carbocycles. The number of amides is 4. The van der Waals surface area contributed by atoms with Gasteiger partial charge < -0.3 is 4.42 Å². The predicted molar refractivity (Wildman–Crippen MR) is 121 cm³/mol. The molecule has 4 rings (SSSR count). The molecule has 1 aliphatic rings. The number of furan rings is 1. The van der Waals surface area contributed by atoms with Crippen LogP contribution >= 0.6 is 11.6 Å². The van der Waals surface area contributed by atoms with Crippen molar-refractivity contribution in [3.8, 4) is 11.3 Å². The van der Waals surface area contributed by atoms with E-state index in [1.54, 1.807) is 50.2 Å². The van der Waals surface area contributed by atoms with Crippen LogP contribution in [0.25, 0.3) is 17.4 Å². The van der Waals surface area contributed by atoms with Gasteiger partial charge in [-0.05, 0) is 49.8 Å². The third kappa shape index (κ3) is 4.01. The number of benzene rings is 2. The summed E-state index contributed by atoms with van der Waals surface area (Å²) in [6.45, 7) is 3.28. The molecule has 33 heavy (non-hydrogen) atoms. The van der Waals surface area contributed by atoms with Crippen LogP contribution in [-0.2, 0) is 9.59 Å². The van der Waals surface area contributed by atoms with Crippen LogP contribution in [0.2, 0.25) is 5.02 Å². The summed E-state index contributed by atoms with van der Waals surface area (Å²) in [5.41, 5.74) is 1.33. The molecule has 166 valence electrons. The summed E-state index contributed by atoms with van der Waals surface area (Å²) < 4.78 is 5.70. The number of anilines is 1. The number of nitrogens with one attached hydrogen (secondary N) is 1. The lowest BCUT2D eigenvalue weighted by Gasteiger charge is -2.27. The number of nitrogens with zero attached hydrogens (tertiary/aromatic N) is 2. The lowest BCUT2D eigenvalue weighted by molar-refractivity contribution is -0.385. The summed E-state index contributed by atoms with van der Waals surface area (Å²) >= 11 is 6.12. The van der Waals surface area contributed by atoms with Crippen molar-refractivity contribution in [3.63, 3.8) is 0 Å². The van der Waals surface area contributed by atoms with E-state index >= 15 is 0 Å². The van der Waals surface area contributed by atoms with Crippen molar-refractivity contribution in [2.24, 2.45) is 0 Å². The van der Waals surface area contributed by atoms with Gasteiger partial charge in [-0.3, -0.25) is 25.0 Å². The van der Waals surface area contributed by atoms with Crippen molar-refractivity contribution in [1.82, 2.24) is 5.32 Å². The molecule has 2 aromatic carbocycles. The Morgan fingerprint density at radius 3 is 2.58 bits per heavy atom. The van der Waals surface area contributed by atoms with Gasteiger partial charge in [0.25, 0.3) is 17.5 Å². The highest BCUT2D eigenvalue weighted by Gasteiger charge is 2.37. The highest BCUT2D eigenvalue weighted by Crippen LogP contribution is 2.31. The fourth-order valence-corrected chi connectivity index (χ4v) is 3.57. The smallest absolute Gasteiger partial charge is 0.335 e. The molecule has 0 aliphatic carbocycles. The number of barbiturate groups is 1. The predicted octanol–water partition coefficient (Wildman–Crippen LogP) is 4.79. The van der Waals surface area contributed by atoms with E-state index in [1.165, 1.54) is 18.2 Å². The van der Waals surface area contributed by atoms with Crippen LogP contribution in [0.5, 0.6) is 0 Å². The number of nitro benzene ring substituents is 1. The molecular formula is C23H16ClN3O6. The highest BCUT2D eigenvalue weighted by molar-refractivity contribution is 6.39. The van der Waals surface area contributed by atoms with Crippen molar-refractivity contribution in [1.29, 1.82) is 0 Å². The molecule has 2 heterocycles. The minimum absolute atomic E-state index is 0.0586. The first-order valence-electron chi connectivity index (χ1n) is 9.69. The molecule has 1 fully saturated rings. The van der Waals surface area contributed by atoms with Crippen LogP contribution < -0.4 is 10.2 Å². The van der Waals surface area contributed by atoms with Crippen molar-refractivity contribution in [2.45, 2.75) is 13.8 Å². The van der Waals surface area contributed by atoms with Crippen LogP contribution in [0.15, 0.2) is 58.5 Å². The number of carbonyl (C=O) groups is 3. The molecule has 0 radical (unpaired) electrons. The SMILES string of the molecule is Cc1ccc(-c2ccc(/C=C3\C(=O)NC(=O)N(c4cccc(Cl)c4C)C3=O)o2)cc1[N+](=O)[O-]. The van der Waals surface area contributed by atoms with E-state index in [1.807, 2.05) is 0 Å². The molecule has 3 aromatic rings. The number of aryl methyl sites for hydroxylation is 1. The summed E-state index contributed by atoms with van der Waals surface area (Å²) in [5, 5.41) is 13.7. The van der Waals surface area contributed by atoms with Gasteiger partial charge in [-0.2, -0.15) is 0 Å². The van der Waals surface area contributed by atoms with Gasteiger partial charge in [0, 0.05) is 22.2 Å². The van der Waals surface area contributed by atoms with Gasteiger partial charge in [0.2, 0.25) is 0 Å². The normalized spacial score (nSPS) is 15.2. The first-order valence-corrected chi connectivity index (χ1v) is 10.1. The van der Waals surface area contributed by atoms with Gasteiger partial charge in [-0.15, -0.1) is 0 Å². The molecular weight excluding hydrogens is 450 g/mol. The lowest BCUT2D eigenvalue weighted by Crippen LogP contribution is -2.54. The second kappa shape index (κ2) is 8.36. The lowest BCUT2D eigenvalue weighted by atomic mass is 10.1. The van der Waals surface area contributed by atoms with Gasteiger partial charge in [-0.25, -0.2) is 9.69 Å². The molecule has 0 bridgehead atoms. The molecule has 4 amide bonds. The number of carbonyl (C=O) groups excluding carboxylic acids is 3. The minimum Gasteiger partial charge on any atom is -0.457 e. The second-order valence-corrected chi connectivity index (χ2v) is 7.71. The Balaban J connectivity index is 1.70. The first-order chi connectivity index (χ1) is 15.7. The number of rotatable bonds is 4. The van der Waals surface area contributed by atoms with Crippen LogP contribution in [0.3, 0.4) is 0 Å². The van der Waals surface area contributed by atoms with Crippen LogP contribution in [0.4, 0.5) is 16.2 Å². The van der Waals surface area contributed by atoms with E-state index in [0.717, 1.165) is 4.90 Å². The Labute approximate surface area is 192 Å². The van der Waals surface area contributed by atoms with Crippen molar-refractivity contribution >= 4 is 46.9 Å². The summed E-state index contributed by atoms with van der Waals surface area (Å²) in [6.07, 6.45) is 1.21. The number of imide groups is 2. The van der Waals surface area contributed by atoms with E-state index in [0.29, 0.717) is 27.5 Å². The maximum absolute atomic E-state index is 13.1. The fourth-order valence-electron chi connectivity index (χ4n) is 3.40. The zero-order chi connectivity index (χ0) is 23.9. The number of nitro groups is 1. The molecule has 0 unspecified atom stereocenters. The average Bonchev–Trinajstić information content (AvgIpc) is 3.23. The summed E-state index contributed by atoms with van der Waals surface area (Å²) in [7, 11) is 0. The quantitative estimate of drug-likeness (QED) is 0.256. The average molecular weight is 466 g/mol. The van der Waals surface area contributed by atoms with Gasteiger partial charge in [0.1, 0.15) is 17.1 Å². The summed E-state index contributed by atoms with van der Waals surface area (Å²) in [6, 6.07) is 11.6. The number of urea groups is 1. The molecule has 0 atom stereocenters. The number of hydrogen-bond acceptors (Lipinski definition) is 6. The van der Waals surface area contributed by atoms with E-state index in [2.05, 4.69) is 5.32 Å². The molecule has 1 N–H and O–H groups in total. The third-order valence-corrected chi connectivity index (χ3v) is 5.59. The molecule has 0 spiro atoms. The van der Waals surface area contributed by atoms with E-state index < -0.39 is 22.8 Å². The largest absolute Gasteiger partial charge is 0.457 e. The third-order valence-electron chi connectivity index (χ3n) is 5.19. The Morgan fingerprint density at radius 1 is 1.09 bits per heavy atom. The molecule has 10 heteroatoms. The topological polar surface area (TPSA) is 123 Å². The van der Waals surface area contributed by atoms with E-state index in [9.17, 15) is 24.5 Å². The van der Waals surface area contributed by atoms with Gasteiger partial charge in [-0.1, -0.05) is 29.8 Å². The van der Waals surface area contributed by atoms with Crippen molar-refractivity contribution in [2.75, 3.05) is 4.90 Å². The van der Waals surface area contributed by atoms with Gasteiger partial charge in [0.15, 0.2) is 0 Å².